The normalized spacial score (nSPS) is 11.9. The second kappa shape index (κ2) is 7.40. The van der Waals surface area contributed by atoms with Crippen LogP contribution in [0.3, 0.4) is 0 Å². The van der Waals surface area contributed by atoms with Crippen LogP contribution in [-0.4, -0.2) is 18.5 Å². The highest BCUT2D eigenvalue weighted by molar-refractivity contribution is 6.31. The first-order valence-corrected chi connectivity index (χ1v) is 8.12. The molecule has 0 fully saturated rings. The SMILES string of the molecule is C[C@H](NC(=O)COC(=O)c1cc2ccccc2o1)c1ccccc1Cl. The van der Waals surface area contributed by atoms with E-state index >= 15 is 0 Å². The van der Waals surface area contributed by atoms with Crippen molar-refractivity contribution in [3.8, 4) is 0 Å². The lowest BCUT2D eigenvalue weighted by molar-refractivity contribution is -0.124. The molecule has 1 amide bonds. The fourth-order valence-electron chi connectivity index (χ4n) is 2.47. The summed E-state index contributed by atoms with van der Waals surface area (Å²) < 4.78 is 10.4. The number of fused-ring (bicyclic) bond motifs is 1. The van der Waals surface area contributed by atoms with Crippen molar-refractivity contribution in [1.82, 2.24) is 5.32 Å². The number of hydrogen-bond donors (Lipinski definition) is 1. The van der Waals surface area contributed by atoms with Gasteiger partial charge in [-0.2, -0.15) is 0 Å². The molecule has 3 rings (SSSR count). The number of rotatable bonds is 5. The van der Waals surface area contributed by atoms with Crippen LogP contribution in [0, 0.1) is 0 Å². The Kier molecular flexibility index (Phi) is 5.05. The summed E-state index contributed by atoms with van der Waals surface area (Å²) in [6.07, 6.45) is 0. The van der Waals surface area contributed by atoms with Crippen LogP contribution in [0.2, 0.25) is 5.02 Å². The lowest BCUT2D eigenvalue weighted by Crippen LogP contribution is -2.31. The highest BCUT2D eigenvalue weighted by Crippen LogP contribution is 2.22. The quantitative estimate of drug-likeness (QED) is 0.697. The molecule has 1 aromatic heterocycles. The van der Waals surface area contributed by atoms with E-state index in [0.717, 1.165) is 10.9 Å². The Morgan fingerprint density at radius 1 is 1.16 bits per heavy atom. The van der Waals surface area contributed by atoms with Crippen molar-refractivity contribution in [1.29, 1.82) is 0 Å². The number of carbonyl (C=O) groups excluding carboxylic acids is 2. The van der Waals surface area contributed by atoms with Gasteiger partial charge in [0.2, 0.25) is 5.76 Å². The van der Waals surface area contributed by atoms with E-state index in [1.54, 1.807) is 25.1 Å². The van der Waals surface area contributed by atoms with E-state index in [1.165, 1.54) is 0 Å². The molecule has 0 unspecified atom stereocenters. The molecule has 0 aliphatic rings. The van der Waals surface area contributed by atoms with Gasteiger partial charge in [-0.25, -0.2) is 4.79 Å². The van der Waals surface area contributed by atoms with Crippen molar-refractivity contribution in [3.05, 3.63) is 70.9 Å². The van der Waals surface area contributed by atoms with E-state index in [1.807, 2.05) is 36.4 Å². The first-order chi connectivity index (χ1) is 12.0. The monoisotopic (exact) mass is 357 g/mol. The van der Waals surface area contributed by atoms with Crippen molar-refractivity contribution < 1.29 is 18.7 Å². The first kappa shape index (κ1) is 17.0. The number of amides is 1. The summed E-state index contributed by atoms with van der Waals surface area (Å²) in [4.78, 5) is 24.0. The maximum absolute atomic E-state index is 12.0. The molecule has 0 saturated heterocycles. The number of carbonyl (C=O) groups is 2. The Labute approximate surface area is 149 Å². The molecule has 6 heteroatoms. The molecular weight excluding hydrogens is 342 g/mol. The predicted molar refractivity (Wildman–Crippen MR) is 94.5 cm³/mol. The molecular formula is C19H16ClNO4. The molecule has 1 heterocycles. The number of ether oxygens (including phenoxy) is 1. The lowest BCUT2D eigenvalue weighted by Gasteiger charge is -2.15. The molecule has 0 saturated carbocycles. The maximum Gasteiger partial charge on any atom is 0.374 e. The fraction of sp³-hybridized carbons (Fsp3) is 0.158. The van der Waals surface area contributed by atoms with Crippen LogP contribution in [0.25, 0.3) is 11.0 Å². The van der Waals surface area contributed by atoms with Gasteiger partial charge in [-0.1, -0.05) is 48.0 Å². The number of furan rings is 1. The third-order valence-electron chi connectivity index (χ3n) is 3.71. The summed E-state index contributed by atoms with van der Waals surface area (Å²) >= 11 is 6.10. The van der Waals surface area contributed by atoms with Gasteiger partial charge in [0.05, 0.1) is 6.04 Å². The van der Waals surface area contributed by atoms with E-state index in [4.69, 9.17) is 20.8 Å². The minimum atomic E-state index is -0.684. The molecule has 1 N–H and O–H groups in total. The van der Waals surface area contributed by atoms with Gasteiger partial charge < -0.3 is 14.5 Å². The Bertz CT molecular complexity index is 885. The Morgan fingerprint density at radius 2 is 1.88 bits per heavy atom. The van der Waals surface area contributed by atoms with Crippen molar-refractivity contribution in [3.63, 3.8) is 0 Å². The van der Waals surface area contributed by atoms with E-state index in [2.05, 4.69) is 5.32 Å². The zero-order chi connectivity index (χ0) is 17.8. The topological polar surface area (TPSA) is 68.5 Å². The van der Waals surface area contributed by atoms with E-state index in [9.17, 15) is 9.59 Å². The zero-order valence-corrected chi connectivity index (χ0v) is 14.2. The zero-order valence-electron chi connectivity index (χ0n) is 13.5. The average Bonchev–Trinajstić information content (AvgIpc) is 3.04. The molecule has 0 aliphatic heterocycles. The summed E-state index contributed by atoms with van der Waals surface area (Å²) in [5, 5.41) is 4.10. The van der Waals surface area contributed by atoms with Crippen molar-refractivity contribution >= 4 is 34.4 Å². The molecule has 128 valence electrons. The summed E-state index contributed by atoms with van der Waals surface area (Å²) in [5.74, 6) is -1.04. The maximum atomic E-state index is 12.0. The number of hydrogen-bond acceptors (Lipinski definition) is 4. The largest absolute Gasteiger partial charge is 0.450 e. The highest BCUT2D eigenvalue weighted by atomic mass is 35.5. The second-order valence-corrected chi connectivity index (χ2v) is 5.94. The number of halogens is 1. The Hall–Kier alpha value is -2.79. The van der Waals surface area contributed by atoms with Gasteiger partial charge >= 0.3 is 5.97 Å². The summed E-state index contributed by atoms with van der Waals surface area (Å²) in [6, 6.07) is 15.8. The van der Waals surface area contributed by atoms with Crippen LogP contribution < -0.4 is 5.32 Å². The van der Waals surface area contributed by atoms with Crippen LogP contribution in [-0.2, 0) is 9.53 Å². The van der Waals surface area contributed by atoms with Gasteiger partial charge in [0.25, 0.3) is 5.91 Å². The molecule has 0 spiro atoms. The molecule has 3 aromatic rings. The molecule has 25 heavy (non-hydrogen) atoms. The van der Waals surface area contributed by atoms with Gasteiger partial charge in [-0.05, 0) is 30.7 Å². The Balaban J connectivity index is 1.56. The van der Waals surface area contributed by atoms with Crippen LogP contribution >= 0.6 is 11.6 Å². The van der Waals surface area contributed by atoms with Gasteiger partial charge in [-0.15, -0.1) is 0 Å². The molecule has 0 radical (unpaired) electrons. The number of esters is 1. The number of para-hydroxylation sites is 1. The van der Waals surface area contributed by atoms with Crippen LogP contribution in [0.5, 0.6) is 0 Å². The van der Waals surface area contributed by atoms with E-state index in [-0.39, 0.29) is 11.8 Å². The fourth-order valence-corrected chi connectivity index (χ4v) is 2.77. The average molecular weight is 358 g/mol. The van der Waals surface area contributed by atoms with Crippen molar-refractivity contribution in [2.24, 2.45) is 0 Å². The molecule has 0 aliphatic carbocycles. The predicted octanol–water partition coefficient (Wildman–Crippen LogP) is 4.12. The summed E-state index contributed by atoms with van der Waals surface area (Å²) in [6.45, 7) is 1.41. The third kappa shape index (κ3) is 4.00. The van der Waals surface area contributed by atoms with Crippen LogP contribution in [0.1, 0.15) is 29.1 Å². The minimum absolute atomic E-state index is 0.0631. The summed E-state index contributed by atoms with van der Waals surface area (Å²) in [5.41, 5.74) is 1.38. The van der Waals surface area contributed by atoms with E-state index in [0.29, 0.717) is 10.6 Å². The third-order valence-corrected chi connectivity index (χ3v) is 4.05. The van der Waals surface area contributed by atoms with Crippen LogP contribution in [0.15, 0.2) is 59.0 Å². The second-order valence-electron chi connectivity index (χ2n) is 5.54. The minimum Gasteiger partial charge on any atom is -0.450 e. The number of nitrogens with one attached hydrogen (secondary N) is 1. The van der Waals surface area contributed by atoms with Gasteiger partial charge in [0, 0.05) is 10.4 Å². The lowest BCUT2D eigenvalue weighted by atomic mass is 10.1. The first-order valence-electron chi connectivity index (χ1n) is 7.74. The van der Waals surface area contributed by atoms with Gasteiger partial charge in [-0.3, -0.25) is 4.79 Å². The molecule has 2 aromatic carbocycles. The van der Waals surface area contributed by atoms with Crippen molar-refractivity contribution in [2.45, 2.75) is 13.0 Å². The smallest absolute Gasteiger partial charge is 0.374 e. The molecule has 1 atom stereocenters. The standard InChI is InChI=1S/C19H16ClNO4/c1-12(14-7-3-4-8-15(14)20)21-18(22)11-24-19(23)17-10-13-6-2-5-9-16(13)25-17/h2-10,12H,11H2,1H3,(H,21,22)/t12-/m0/s1. The number of benzene rings is 2. The Morgan fingerprint density at radius 3 is 2.64 bits per heavy atom. The molecule has 5 nitrogen and oxygen atoms in total. The molecule has 0 bridgehead atoms. The highest BCUT2D eigenvalue weighted by Gasteiger charge is 2.17. The summed E-state index contributed by atoms with van der Waals surface area (Å²) in [7, 11) is 0. The van der Waals surface area contributed by atoms with Crippen molar-refractivity contribution in [2.75, 3.05) is 6.61 Å². The van der Waals surface area contributed by atoms with Gasteiger partial charge in [0.1, 0.15) is 5.58 Å². The van der Waals surface area contributed by atoms with Crippen LogP contribution in [0.4, 0.5) is 0 Å². The van der Waals surface area contributed by atoms with Gasteiger partial charge in [0.15, 0.2) is 6.61 Å². The van der Waals surface area contributed by atoms with E-state index < -0.39 is 18.5 Å².